The van der Waals surface area contributed by atoms with E-state index in [0.717, 1.165) is 0 Å². The predicted molar refractivity (Wildman–Crippen MR) is 78.9 cm³/mol. The van der Waals surface area contributed by atoms with E-state index in [-0.39, 0.29) is 16.1 Å². The van der Waals surface area contributed by atoms with Gasteiger partial charge < -0.3 is 5.32 Å². The summed E-state index contributed by atoms with van der Waals surface area (Å²) in [5.74, 6) is -0.321. The Hall–Kier alpha value is -1.17. The van der Waals surface area contributed by atoms with E-state index in [2.05, 4.69) is 31.2 Å². The monoisotopic (exact) mass is 359 g/mol. The van der Waals surface area contributed by atoms with Crippen LogP contribution in [0.3, 0.4) is 0 Å². The van der Waals surface area contributed by atoms with E-state index in [0.29, 0.717) is 21.5 Å². The summed E-state index contributed by atoms with van der Waals surface area (Å²) in [4.78, 5) is 20.0. The SMILES string of the molecule is Cc1nc(Br)ccc1NC(=O)c1cnc(Cl)c(Cl)c1. The van der Waals surface area contributed by atoms with Gasteiger partial charge in [0.25, 0.3) is 5.91 Å². The number of aromatic nitrogens is 2. The second-order valence-electron chi connectivity index (χ2n) is 3.72. The molecule has 0 aliphatic carbocycles. The van der Waals surface area contributed by atoms with Crippen molar-refractivity contribution in [2.24, 2.45) is 0 Å². The number of hydrogen-bond acceptors (Lipinski definition) is 3. The van der Waals surface area contributed by atoms with Crippen molar-refractivity contribution in [3.8, 4) is 0 Å². The van der Waals surface area contributed by atoms with Crippen molar-refractivity contribution in [3.63, 3.8) is 0 Å². The van der Waals surface area contributed by atoms with Gasteiger partial charge in [-0.05, 0) is 41.1 Å². The highest BCUT2D eigenvalue weighted by Gasteiger charge is 2.11. The Morgan fingerprint density at radius 1 is 1.37 bits per heavy atom. The Labute approximate surface area is 128 Å². The highest BCUT2D eigenvalue weighted by Crippen LogP contribution is 2.21. The number of carbonyl (C=O) groups excluding carboxylic acids is 1. The van der Waals surface area contributed by atoms with Crippen LogP contribution >= 0.6 is 39.1 Å². The fourth-order valence-electron chi connectivity index (χ4n) is 1.40. The molecule has 0 saturated carbocycles. The van der Waals surface area contributed by atoms with E-state index < -0.39 is 0 Å². The molecule has 0 atom stereocenters. The Morgan fingerprint density at radius 3 is 2.74 bits per heavy atom. The van der Waals surface area contributed by atoms with Crippen molar-refractivity contribution >= 4 is 50.7 Å². The van der Waals surface area contributed by atoms with Gasteiger partial charge in [0.15, 0.2) is 0 Å². The molecule has 0 aliphatic rings. The molecule has 2 heterocycles. The Bertz CT molecular complexity index is 649. The minimum Gasteiger partial charge on any atom is -0.320 e. The number of nitrogens with one attached hydrogen (secondary N) is 1. The topological polar surface area (TPSA) is 54.9 Å². The molecule has 0 aromatic carbocycles. The van der Waals surface area contributed by atoms with Crippen molar-refractivity contribution in [2.45, 2.75) is 6.92 Å². The lowest BCUT2D eigenvalue weighted by Crippen LogP contribution is -2.13. The lowest BCUT2D eigenvalue weighted by molar-refractivity contribution is 0.102. The van der Waals surface area contributed by atoms with Crippen LogP contribution in [0.25, 0.3) is 0 Å². The molecule has 0 radical (unpaired) electrons. The van der Waals surface area contributed by atoms with E-state index in [9.17, 15) is 4.79 Å². The molecule has 0 aliphatic heterocycles. The summed E-state index contributed by atoms with van der Waals surface area (Å²) in [7, 11) is 0. The van der Waals surface area contributed by atoms with Crippen LogP contribution in [0.4, 0.5) is 5.69 Å². The zero-order chi connectivity index (χ0) is 14.0. The number of pyridine rings is 2. The smallest absolute Gasteiger partial charge is 0.257 e. The first-order valence-corrected chi connectivity index (χ1v) is 6.78. The Balaban J connectivity index is 2.23. The molecule has 1 amide bonds. The maximum Gasteiger partial charge on any atom is 0.257 e. The summed E-state index contributed by atoms with van der Waals surface area (Å²) in [5, 5.41) is 3.14. The van der Waals surface area contributed by atoms with Gasteiger partial charge in [-0.2, -0.15) is 0 Å². The zero-order valence-corrected chi connectivity index (χ0v) is 12.8. The van der Waals surface area contributed by atoms with Gasteiger partial charge in [-0.25, -0.2) is 9.97 Å². The maximum atomic E-state index is 12.0. The third-order valence-corrected chi connectivity index (χ3v) is 3.49. The van der Waals surface area contributed by atoms with Gasteiger partial charge in [-0.15, -0.1) is 0 Å². The average molecular weight is 361 g/mol. The number of anilines is 1. The first-order chi connectivity index (χ1) is 8.97. The molecule has 19 heavy (non-hydrogen) atoms. The van der Waals surface area contributed by atoms with Crippen LogP contribution in [-0.4, -0.2) is 15.9 Å². The number of carbonyl (C=O) groups is 1. The number of amides is 1. The standard InChI is InChI=1S/C12H8BrCl2N3O/c1-6-9(2-3-10(13)17-6)18-12(19)7-4-8(14)11(15)16-5-7/h2-5H,1H3,(H,18,19). The molecular formula is C12H8BrCl2N3O. The quantitative estimate of drug-likeness (QED) is 0.820. The van der Waals surface area contributed by atoms with Gasteiger partial charge in [0.2, 0.25) is 0 Å². The maximum absolute atomic E-state index is 12.0. The van der Waals surface area contributed by atoms with Crippen LogP contribution in [0.15, 0.2) is 29.0 Å². The van der Waals surface area contributed by atoms with Gasteiger partial charge in [0.1, 0.15) is 9.76 Å². The Morgan fingerprint density at radius 2 is 2.11 bits per heavy atom. The molecule has 0 saturated heterocycles. The molecule has 7 heteroatoms. The molecule has 0 spiro atoms. The number of rotatable bonds is 2. The van der Waals surface area contributed by atoms with Crippen LogP contribution < -0.4 is 5.32 Å². The molecule has 2 aromatic heterocycles. The van der Waals surface area contributed by atoms with Crippen molar-refractivity contribution in [2.75, 3.05) is 5.32 Å². The van der Waals surface area contributed by atoms with E-state index >= 15 is 0 Å². The van der Waals surface area contributed by atoms with Gasteiger partial charge in [-0.3, -0.25) is 4.79 Å². The van der Waals surface area contributed by atoms with Crippen LogP contribution in [0, 0.1) is 6.92 Å². The molecule has 0 fully saturated rings. The van der Waals surface area contributed by atoms with Gasteiger partial charge in [0.05, 0.1) is 22.0 Å². The lowest BCUT2D eigenvalue weighted by atomic mass is 10.2. The second-order valence-corrected chi connectivity index (χ2v) is 5.30. The van der Waals surface area contributed by atoms with Crippen LogP contribution in [0.5, 0.6) is 0 Å². The molecule has 0 bridgehead atoms. The molecular weight excluding hydrogens is 353 g/mol. The summed E-state index contributed by atoms with van der Waals surface area (Å²) >= 11 is 14.8. The number of nitrogens with zero attached hydrogens (tertiary/aromatic N) is 2. The van der Waals surface area contributed by atoms with Gasteiger partial charge >= 0.3 is 0 Å². The fraction of sp³-hybridized carbons (Fsp3) is 0.0833. The molecule has 1 N–H and O–H groups in total. The van der Waals surface area contributed by atoms with Gasteiger partial charge in [-0.1, -0.05) is 23.2 Å². The number of hydrogen-bond donors (Lipinski definition) is 1. The lowest BCUT2D eigenvalue weighted by Gasteiger charge is -2.08. The molecule has 2 rings (SSSR count). The highest BCUT2D eigenvalue weighted by atomic mass is 79.9. The summed E-state index contributed by atoms with van der Waals surface area (Å²) in [5.41, 5.74) is 1.66. The average Bonchev–Trinajstić information content (AvgIpc) is 2.36. The van der Waals surface area contributed by atoms with Crippen LogP contribution in [0.2, 0.25) is 10.2 Å². The van der Waals surface area contributed by atoms with Crippen molar-refractivity contribution in [1.82, 2.24) is 9.97 Å². The first kappa shape index (κ1) is 14.2. The fourth-order valence-corrected chi connectivity index (χ4v) is 2.07. The van der Waals surface area contributed by atoms with Crippen molar-refractivity contribution in [3.05, 3.63) is 50.4 Å². The third-order valence-electron chi connectivity index (χ3n) is 2.36. The van der Waals surface area contributed by atoms with Crippen LogP contribution in [-0.2, 0) is 0 Å². The van der Waals surface area contributed by atoms with E-state index in [1.165, 1.54) is 12.3 Å². The predicted octanol–water partition coefficient (Wildman–Crippen LogP) is 4.11. The second kappa shape index (κ2) is 5.86. The highest BCUT2D eigenvalue weighted by molar-refractivity contribution is 9.10. The minimum absolute atomic E-state index is 0.166. The normalized spacial score (nSPS) is 10.3. The summed E-state index contributed by atoms with van der Waals surface area (Å²) in [6, 6.07) is 4.97. The minimum atomic E-state index is -0.321. The Kier molecular flexibility index (Phi) is 4.39. The number of aryl methyl sites for hydroxylation is 1. The van der Waals surface area contributed by atoms with Crippen molar-refractivity contribution < 1.29 is 4.79 Å². The first-order valence-electron chi connectivity index (χ1n) is 5.23. The molecule has 2 aromatic rings. The van der Waals surface area contributed by atoms with Crippen molar-refractivity contribution in [1.29, 1.82) is 0 Å². The number of halogens is 3. The summed E-state index contributed by atoms with van der Waals surface area (Å²) < 4.78 is 0.708. The third kappa shape index (κ3) is 3.43. The molecule has 98 valence electrons. The largest absolute Gasteiger partial charge is 0.320 e. The summed E-state index contributed by atoms with van der Waals surface area (Å²) in [6.45, 7) is 1.80. The summed E-state index contributed by atoms with van der Waals surface area (Å²) in [6.07, 6.45) is 1.37. The van der Waals surface area contributed by atoms with Gasteiger partial charge in [0, 0.05) is 6.20 Å². The zero-order valence-electron chi connectivity index (χ0n) is 9.75. The van der Waals surface area contributed by atoms with E-state index in [1.54, 1.807) is 19.1 Å². The molecule has 4 nitrogen and oxygen atoms in total. The van der Waals surface area contributed by atoms with E-state index in [4.69, 9.17) is 23.2 Å². The van der Waals surface area contributed by atoms with E-state index in [1.807, 2.05) is 0 Å². The molecule has 0 unspecified atom stereocenters. The van der Waals surface area contributed by atoms with Crippen LogP contribution in [0.1, 0.15) is 16.1 Å².